The van der Waals surface area contributed by atoms with Crippen LogP contribution in [0, 0.1) is 5.82 Å². The zero-order valence-corrected chi connectivity index (χ0v) is 8.51. The highest BCUT2D eigenvalue weighted by Crippen LogP contribution is 2.24. The Balaban J connectivity index is 2.69. The van der Waals surface area contributed by atoms with E-state index in [1.807, 2.05) is 0 Å². The zero-order valence-electron chi connectivity index (χ0n) is 8.51. The molecule has 2 N–H and O–H groups in total. The predicted octanol–water partition coefficient (Wildman–Crippen LogP) is 2.88. The van der Waals surface area contributed by atoms with Crippen LogP contribution in [0.4, 0.5) is 23.2 Å². The summed E-state index contributed by atoms with van der Waals surface area (Å²) in [7, 11) is 0. The molecule has 0 aromatic heterocycles. The van der Waals surface area contributed by atoms with Crippen LogP contribution in [0.5, 0.6) is 0 Å². The first kappa shape index (κ1) is 12.8. The second-order valence-electron chi connectivity index (χ2n) is 3.30. The van der Waals surface area contributed by atoms with Crippen molar-refractivity contribution in [3.8, 4) is 0 Å². The molecule has 0 bridgehead atoms. The molecule has 6 heteroatoms. The maximum Gasteiger partial charge on any atom is 0.414 e. The summed E-state index contributed by atoms with van der Waals surface area (Å²) in [4.78, 5) is 0. The van der Waals surface area contributed by atoms with E-state index in [0.717, 1.165) is 13.0 Å². The lowest BCUT2D eigenvalue weighted by Crippen LogP contribution is -2.28. The third-order valence-corrected chi connectivity index (χ3v) is 2.09. The topological polar surface area (TPSA) is 35.2 Å². The number of benzene rings is 1. The fraction of sp³-hybridized carbons (Fsp3) is 0.400. The highest BCUT2D eigenvalue weighted by molar-refractivity contribution is 5.46. The average Bonchev–Trinajstić information content (AvgIpc) is 2.15. The maximum atomic E-state index is 13.2. The van der Waals surface area contributed by atoms with Gasteiger partial charge in [0.25, 0.3) is 0 Å². The van der Waals surface area contributed by atoms with Gasteiger partial charge in [-0.15, -0.1) is 0 Å². The number of hydrogen-bond donors (Lipinski definition) is 1. The standard InChI is InChI=1S/C10H11F4NO/c1-6(10(12,13)14)16-5-7-8(11)3-2-4-9(7)15/h2-4,6H,5,15H2,1H3. The third-order valence-electron chi connectivity index (χ3n) is 2.09. The van der Waals surface area contributed by atoms with Crippen LogP contribution in [0.3, 0.4) is 0 Å². The lowest BCUT2D eigenvalue weighted by atomic mass is 10.2. The Morgan fingerprint density at radius 3 is 2.50 bits per heavy atom. The molecule has 0 aliphatic rings. The van der Waals surface area contributed by atoms with E-state index in [9.17, 15) is 17.6 Å². The molecule has 0 aliphatic carbocycles. The van der Waals surface area contributed by atoms with Crippen molar-refractivity contribution in [3.63, 3.8) is 0 Å². The molecule has 1 aromatic carbocycles. The molecule has 0 amide bonds. The number of nitrogens with two attached hydrogens (primary N) is 1. The number of rotatable bonds is 3. The summed E-state index contributed by atoms with van der Waals surface area (Å²) in [6.45, 7) is 0.357. The van der Waals surface area contributed by atoms with E-state index in [1.54, 1.807) is 0 Å². The fourth-order valence-corrected chi connectivity index (χ4v) is 1.03. The van der Waals surface area contributed by atoms with Crippen molar-refractivity contribution < 1.29 is 22.3 Å². The zero-order chi connectivity index (χ0) is 12.3. The number of alkyl halides is 3. The van der Waals surface area contributed by atoms with Crippen molar-refractivity contribution in [3.05, 3.63) is 29.6 Å². The van der Waals surface area contributed by atoms with Crippen molar-refractivity contribution in [2.45, 2.75) is 25.8 Å². The average molecular weight is 237 g/mol. The Morgan fingerprint density at radius 1 is 1.38 bits per heavy atom. The molecule has 1 rings (SSSR count). The van der Waals surface area contributed by atoms with Gasteiger partial charge in [-0.05, 0) is 19.1 Å². The number of halogens is 4. The van der Waals surface area contributed by atoms with Gasteiger partial charge in [-0.3, -0.25) is 0 Å². The van der Waals surface area contributed by atoms with E-state index < -0.39 is 24.7 Å². The van der Waals surface area contributed by atoms with Gasteiger partial charge in [0, 0.05) is 11.3 Å². The molecule has 1 atom stereocenters. The minimum atomic E-state index is -4.46. The van der Waals surface area contributed by atoms with Crippen LogP contribution in [0.2, 0.25) is 0 Å². The molecule has 16 heavy (non-hydrogen) atoms. The van der Waals surface area contributed by atoms with Crippen LogP contribution in [-0.4, -0.2) is 12.3 Å². The second-order valence-corrected chi connectivity index (χ2v) is 3.30. The molecule has 0 fully saturated rings. The highest BCUT2D eigenvalue weighted by Gasteiger charge is 2.37. The Labute approximate surface area is 90.0 Å². The van der Waals surface area contributed by atoms with Crippen molar-refractivity contribution in [1.82, 2.24) is 0 Å². The van der Waals surface area contributed by atoms with Gasteiger partial charge in [-0.25, -0.2) is 4.39 Å². The number of ether oxygens (including phenoxy) is 1. The van der Waals surface area contributed by atoms with E-state index in [0.29, 0.717) is 0 Å². The van der Waals surface area contributed by atoms with E-state index in [2.05, 4.69) is 4.74 Å². The fourth-order valence-electron chi connectivity index (χ4n) is 1.03. The van der Waals surface area contributed by atoms with Crippen LogP contribution < -0.4 is 5.73 Å². The van der Waals surface area contributed by atoms with Crippen LogP contribution in [0.25, 0.3) is 0 Å². The second kappa shape index (κ2) is 4.69. The number of anilines is 1. The molecular formula is C10H11F4NO. The largest absolute Gasteiger partial charge is 0.414 e. The van der Waals surface area contributed by atoms with E-state index in [1.165, 1.54) is 12.1 Å². The molecule has 0 spiro atoms. The Hall–Kier alpha value is -1.30. The molecule has 2 nitrogen and oxygen atoms in total. The molecule has 1 aromatic rings. The van der Waals surface area contributed by atoms with E-state index in [4.69, 9.17) is 5.73 Å². The Bertz CT molecular complexity index is 344. The number of nitrogen functional groups attached to an aromatic ring is 1. The first-order valence-corrected chi connectivity index (χ1v) is 4.53. The molecule has 90 valence electrons. The van der Waals surface area contributed by atoms with Gasteiger partial charge in [0.15, 0.2) is 6.10 Å². The molecule has 0 radical (unpaired) electrons. The number of hydrogen-bond acceptors (Lipinski definition) is 2. The SMILES string of the molecule is CC(OCc1c(N)cccc1F)C(F)(F)F. The summed E-state index contributed by atoms with van der Waals surface area (Å²) in [5.41, 5.74) is 5.44. The first-order valence-electron chi connectivity index (χ1n) is 4.53. The summed E-state index contributed by atoms with van der Waals surface area (Å²) in [5, 5.41) is 0. The van der Waals surface area contributed by atoms with Gasteiger partial charge in [0.05, 0.1) is 6.61 Å². The molecule has 0 saturated heterocycles. The lowest BCUT2D eigenvalue weighted by molar-refractivity contribution is -0.217. The van der Waals surface area contributed by atoms with Crippen LogP contribution in [0.15, 0.2) is 18.2 Å². The van der Waals surface area contributed by atoms with E-state index >= 15 is 0 Å². The summed E-state index contributed by atoms with van der Waals surface area (Å²) < 4.78 is 54.0. The van der Waals surface area contributed by atoms with Crippen LogP contribution >= 0.6 is 0 Å². The molecule has 0 heterocycles. The summed E-state index contributed by atoms with van der Waals surface area (Å²) in [6, 6.07) is 3.90. The third kappa shape index (κ3) is 3.10. The van der Waals surface area contributed by atoms with Crippen molar-refractivity contribution in [2.75, 3.05) is 5.73 Å². The summed E-state index contributed by atoms with van der Waals surface area (Å²) >= 11 is 0. The minimum Gasteiger partial charge on any atom is -0.398 e. The minimum absolute atomic E-state index is 0.0569. The van der Waals surface area contributed by atoms with Crippen LogP contribution in [-0.2, 0) is 11.3 Å². The van der Waals surface area contributed by atoms with E-state index in [-0.39, 0.29) is 11.3 Å². The van der Waals surface area contributed by atoms with Crippen molar-refractivity contribution in [1.29, 1.82) is 0 Å². The van der Waals surface area contributed by atoms with Gasteiger partial charge in [-0.2, -0.15) is 13.2 Å². The Kier molecular flexibility index (Phi) is 3.74. The first-order chi connectivity index (χ1) is 7.32. The monoisotopic (exact) mass is 237 g/mol. The highest BCUT2D eigenvalue weighted by atomic mass is 19.4. The normalized spacial score (nSPS) is 13.8. The van der Waals surface area contributed by atoms with Gasteiger partial charge >= 0.3 is 6.18 Å². The van der Waals surface area contributed by atoms with Crippen LogP contribution in [0.1, 0.15) is 12.5 Å². The quantitative estimate of drug-likeness (QED) is 0.648. The molecule has 0 saturated carbocycles. The van der Waals surface area contributed by atoms with Crippen molar-refractivity contribution >= 4 is 5.69 Å². The van der Waals surface area contributed by atoms with Gasteiger partial charge in [0.2, 0.25) is 0 Å². The van der Waals surface area contributed by atoms with Crippen molar-refractivity contribution in [2.24, 2.45) is 0 Å². The van der Waals surface area contributed by atoms with Gasteiger partial charge < -0.3 is 10.5 Å². The predicted molar refractivity (Wildman–Crippen MR) is 51.1 cm³/mol. The summed E-state index contributed by atoms with van der Waals surface area (Å²) in [6.07, 6.45) is -6.41. The molecule has 1 unspecified atom stereocenters. The van der Waals surface area contributed by atoms with Gasteiger partial charge in [0.1, 0.15) is 5.82 Å². The molecule has 0 aliphatic heterocycles. The van der Waals surface area contributed by atoms with Gasteiger partial charge in [-0.1, -0.05) is 6.07 Å². The Morgan fingerprint density at radius 2 is 2.00 bits per heavy atom. The maximum absolute atomic E-state index is 13.2. The molecular weight excluding hydrogens is 226 g/mol. The summed E-state index contributed by atoms with van der Waals surface area (Å²) in [5.74, 6) is -0.672. The lowest BCUT2D eigenvalue weighted by Gasteiger charge is -2.17. The smallest absolute Gasteiger partial charge is 0.398 e.